The number of alkyl halides is 3. The van der Waals surface area contributed by atoms with Crippen molar-refractivity contribution in [3.8, 4) is 0 Å². The maximum Gasteiger partial charge on any atom is 0.435 e. The number of amides is 1. The van der Waals surface area contributed by atoms with Gasteiger partial charge >= 0.3 is 6.18 Å². The molecule has 0 radical (unpaired) electrons. The minimum absolute atomic E-state index is 0.0845. The van der Waals surface area contributed by atoms with Crippen LogP contribution in [-0.2, 0) is 23.5 Å². The lowest BCUT2D eigenvalue weighted by Crippen LogP contribution is -2.43. The molecule has 5 nitrogen and oxygen atoms in total. The molecule has 2 aliphatic heterocycles. The number of carbonyl (C=O) groups excluding carboxylic acids is 1. The number of halogens is 5. The second-order valence-corrected chi connectivity index (χ2v) is 11.1. The summed E-state index contributed by atoms with van der Waals surface area (Å²) < 4.78 is 43.0. The van der Waals surface area contributed by atoms with Gasteiger partial charge in [-0.3, -0.25) is 4.79 Å². The van der Waals surface area contributed by atoms with Crippen LogP contribution in [0.1, 0.15) is 71.1 Å². The molecule has 3 aliphatic rings. The van der Waals surface area contributed by atoms with E-state index in [0.717, 1.165) is 23.1 Å². The van der Waals surface area contributed by atoms with Crippen molar-refractivity contribution in [3.05, 3.63) is 68.2 Å². The van der Waals surface area contributed by atoms with Crippen molar-refractivity contribution in [1.82, 2.24) is 10.2 Å². The van der Waals surface area contributed by atoms with E-state index in [4.69, 9.17) is 28.0 Å². The SMILES string of the molecule is Cc1cc2c(cc1C(=O)NCCC1CCCC1)CN(C1=NOC(c3cc(Cl)cc(Cl)c3)(C(F)(F)F)C1)C2. The van der Waals surface area contributed by atoms with E-state index in [0.29, 0.717) is 31.1 Å². The molecule has 0 spiro atoms. The van der Waals surface area contributed by atoms with Crippen LogP contribution in [0.15, 0.2) is 35.5 Å². The molecule has 10 heteroatoms. The Morgan fingerprint density at radius 1 is 1.11 bits per heavy atom. The van der Waals surface area contributed by atoms with Crippen LogP contribution in [0, 0.1) is 12.8 Å². The zero-order valence-electron chi connectivity index (χ0n) is 20.4. The molecule has 1 aliphatic carbocycles. The van der Waals surface area contributed by atoms with Gasteiger partial charge in [0.15, 0.2) is 0 Å². The number of fused-ring (bicyclic) bond motifs is 1. The standard InChI is InChI=1S/C27H28Cl2F3N3O2/c1-16-8-18-14-35(15-19(18)9-23(16)25(36)33-7-6-17-4-2-3-5-17)24-13-26(37-34-24,27(30,31)32)20-10-21(28)12-22(29)11-20/h8-12,17H,2-7,13-15H2,1H3,(H,33,36). The van der Waals surface area contributed by atoms with E-state index in [-0.39, 0.29) is 27.4 Å². The predicted molar refractivity (Wildman–Crippen MR) is 137 cm³/mol. The van der Waals surface area contributed by atoms with Gasteiger partial charge in [0.2, 0.25) is 0 Å². The van der Waals surface area contributed by atoms with Crippen LogP contribution in [0.25, 0.3) is 0 Å². The number of nitrogens with zero attached hydrogens (tertiary/aromatic N) is 2. The van der Waals surface area contributed by atoms with E-state index < -0.39 is 18.2 Å². The first kappa shape index (κ1) is 26.2. The third-order valence-electron chi connectivity index (χ3n) is 7.69. The van der Waals surface area contributed by atoms with Gasteiger partial charge in [-0.1, -0.05) is 60.1 Å². The monoisotopic (exact) mass is 553 g/mol. The van der Waals surface area contributed by atoms with Crippen LogP contribution < -0.4 is 5.32 Å². The van der Waals surface area contributed by atoms with Crippen molar-refractivity contribution < 1.29 is 22.8 Å². The third-order valence-corrected chi connectivity index (χ3v) is 8.13. The van der Waals surface area contributed by atoms with E-state index in [1.807, 2.05) is 19.1 Å². The van der Waals surface area contributed by atoms with Crippen LogP contribution in [0.5, 0.6) is 0 Å². The second-order valence-electron chi connectivity index (χ2n) is 10.2. The molecule has 1 atom stereocenters. The van der Waals surface area contributed by atoms with E-state index in [2.05, 4.69) is 10.5 Å². The highest BCUT2D eigenvalue weighted by Crippen LogP contribution is 2.50. The van der Waals surface area contributed by atoms with Crippen molar-refractivity contribution in [2.24, 2.45) is 11.1 Å². The van der Waals surface area contributed by atoms with Gasteiger partial charge in [0, 0.05) is 40.8 Å². The van der Waals surface area contributed by atoms with Gasteiger partial charge in [-0.05, 0) is 60.2 Å². The van der Waals surface area contributed by atoms with Gasteiger partial charge in [0.1, 0.15) is 5.84 Å². The maximum atomic E-state index is 14.3. The molecule has 1 saturated carbocycles. The number of aryl methyl sites for hydroxylation is 1. The quantitative estimate of drug-likeness (QED) is 0.428. The third kappa shape index (κ3) is 5.15. The molecule has 2 aromatic rings. The molecule has 0 bridgehead atoms. The first-order valence-electron chi connectivity index (χ1n) is 12.5. The lowest BCUT2D eigenvalue weighted by atomic mass is 9.89. The zero-order valence-corrected chi connectivity index (χ0v) is 21.9. The van der Waals surface area contributed by atoms with E-state index in [9.17, 15) is 18.0 Å². The summed E-state index contributed by atoms with van der Waals surface area (Å²) in [6, 6.07) is 7.57. The lowest BCUT2D eigenvalue weighted by Gasteiger charge is -2.30. The molecule has 1 N–H and O–H groups in total. The fourth-order valence-corrected chi connectivity index (χ4v) is 6.16. The molecule has 37 heavy (non-hydrogen) atoms. The molecule has 2 aromatic carbocycles. The molecule has 5 rings (SSSR count). The summed E-state index contributed by atoms with van der Waals surface area (Å²) in [5.41, 5.74) is 0.408. The Balaban J connectivity index is 1.30. The van der Waals surface area contributed by atoms with Crippen molar-refractivity contribution in [2.45, 2.75) is 70.3 Å². The molecule has 0 aromatic heterocycles. The topological polar surface area (TPSA) is 53.9 Å². The number of benzene rings is 2. The van der Waals surface area contributed by atoms with Gasteiger partial charge in [-0.25, -0.2) is 0 Å². The number of amidine groups is 1. The molecule has 2 heterocycles. The summed E-state index contributed by atoms with van der Waals surface area (Å²) in [6.07, 6.45) is 0.739. The number of carbonyl (C=O) groups is 1. The van der Waals surface area contributed by atoms with Crippen molar-refractivity contribution in [2.75, 3.05) is 6.54 Å². The smallest absolute Gasteiger partial charge is 0.372 e. The normalized spacial score (nSPS) is 21.7. The summed E-state index contributed by atoms with van der Waals surface area (Å²) in [5, 5.41) is 7.08. The Hall–Kier alpha value is -2.45. The van der Waals surface area contributed by atoms with Gasteiger partial charge in [-0.15, -0.1) is 0 Å². The maximum absolute atomic E-state index is 14.3. The Kier molecular flexibility index (Phi) is 7.09. The molecule has 0 saturated heterocycles. The Labute approximate surface area is 223 Å². The Morgan fingerprint density at radius 2 is 1.76 bits per heavy atom. The number of nitrogens with one attached hydrogen (secondary N) is 1. The number of oxime groups is 1. The molecule has 1 amide bonds. The minimum atomic E-state index is -4.75. The predicted octanol–water partition coefficient (Wildman–Crippen LogP) is 7.12. The van der Waals surface area contributed by atoms with E-state index >= 15 is 0 Å². The summed E-state index contributed by atoms with van der Waals surface area (Å²) in [7, 11) is 0. The van der Waals surface area contributed by atoms with E-state index in [1.54, 1.807) is 4.90 Å². The van der Waals surface area contributed by atoms with Crippen LogP contribution in [0.4, 0.5) is 13.2 Å². The summed E-state index contributed by atoms with van der Waals surface area (Å²) in [6.45, 7) is 3.24. The average molecular weight is 554 g/mol. The lowest BCUT2D eigenvalue weighted by molar-refractivity contribution is -0.275. The Morgan fingerprint density at radius 3 is 2.41 bits per heavy atom. The summed E-state index contributed by atoms with van der Waals surface area (Å²) >= 11 is 12.0. The van der Waals surface area contributed by atoms with Gasteiger partial charge in [-0.2, -0.15) is 13.2 Å². The number of hydrogen-bond acceptors (Lipinski definition) is 4. The first-order valence-corrected chi connectivity index (χ1v) is 13.3. The molecule has 1 unspecified atom stereocenters. The van der Waals surface area contributed by atoms with Crippen LogP contribution >= 0.6 is 23.2 Å². The molecule has 198 valence electrons. The highest BCUT2D eigenvalue weighted by molar-refractivity contribution is 6.34. The fourth-order valence-electron chi connectivity index (χ4n) is 5.63. The van der Waals surface area contributed by atoms with Crippen molar-refractivity contribution >= 4 is 34.9 Å². The van der Waals surface area contributed by atoms with Gasteiger partial charge in [0.05, 0.1) is 6.42 Å². The minimum Gasteiger partial charge on any atom is -0.372 e. The number of rotatable bonds is 5. The largest absolute Gasteiger partial charge is 0.435 e. The zero-order chi connectivity index (χ0) is 26.4. The number of hydrogen-bond donors (Lipinski definition) is 1. The molecule has 1 fully saturated rings. The Bertz CT molecular complexity index is 1220. The second kappa shape index (κ2) is 10.0. The van der Waals surface area contributed by atoms with Crippen LogP contribution in [-0.4, -0.2) is 29.4 Å². The summed E-state index contributed by atoms with van der Waals surface area (Å²) in [5.74, 6) is 0.758. The van der Waals surface area contributed by atoms with Crippen LogP contribution in [0.3, 0.4) is 0 Å². The fraction of sp³-hybridized carbons (Fsp3) is 0.481. The first-order chi connectivity index (χ1) is 17.6. The highest BCUT2D eigenvalue weighted by Gasteiger charge is 2.63. The average Bonchev–Trinajstić information content (AvgIpc) is 3.57. The van der Waals surface area contributed by atoms with Crippen LogP contribution in [0.2, 0.25) is 10.0 Å². The van der Waals surface area contributed by atoms with Crippen molar-refractivity contribution in [1.29, 1.82) is 0 Å². The highest BCUT2D eigenvalue weighted by atomic mass is 35.5. The molecular weight excluding hydrogens is 526 g/mol. The van der Waals surface area contributed by atoms with E-state index in [1.165, 1.54) is 43.9 Å². The molecular formula is C27H28Cl2F3N3O2. The summed E-state index contributed by atoms with van der Waals surface area (Å²) in [4.78, 5) is 19.8. The van der Waals surface area contributed by atoms with Gasteiger partial charge < -0.3 is 15.1 Å². The van der Waals surface area contributed by atoms with Crippen molar-refractivity contribution in [3.63, 3.8) is 0 Å². The van der Waals surface area contributed by atoms with Gasteiger partial charge in [0.25, 0.3) is 11.5 Å².